The number of aromatic amines is 1. The number of hydrogen-bond donors (Lipinski definition) is 2. The van der Waals surface area contributed by atoms with Gasteiger partial charge in [-0.05, 0) is 32.3 Å². The Labute approximate surface area is 158 Å². The van der Waals surface area contributed by atoms with Crippen molar-refractivity contribution < 1.29 is 4.79 Å². The van der Waals surface area contributed by atoms with E-state index in [4.69, 9.17) is 0 Å². The van der Waals surface area contributed by atoms with Gasteiger partial charge in [0.1, 0.15) is 0 Å². The molecule has 0 aliphatic heterocycles. The van der Waals surface area contributed by atoms with Gasteiger partial charge in [-0.25, -0.2) is 14.8 Å². The lowest BCUT2D eigenvalue weighted by molar-refractivity contribution is 0.102. The van der Waals surface area contributed by atoms with Gasteiger partial charge in [-0.3, -0.25) is 24.5 Å². The van der Waals surface area contributed by atoms with Crippen LogP contribution in [0.1, 0.15) is 53.0 Å². The molecule has 0 unspecified atom stereocenters. The lowest BCUT2D eigenvalue weighted by Crippen LogP contribution is -2.32. The number of fused-ring (bicyclic) bond motifs is 1. The summed E-state index contributed by atoms with van der Waals surface area (Å²) in [6, 6.07) is 1.67. The highest BCUT2D eigenvalue weighted by Crippen LogP contribution is 2.40. The molecule has 0 spiro atoms. The summed E-state index contributed by atoms with van der Waals surface area (Å²) in [4.78, 5) is 49.7. The van der Waals surface area contributed by atoms with E-state index in [9.17, 15) is 14.4 Å². The fourth-order valence-electron chi connectivity index (χ4n) is 3.07. The number of hydrogen-bond acceptors (Lipinski definition) is 6. The lowest BCUT2D eigenvalue weighted by Gasteiger charge is -2.12. The molecule has 4 rings (SSSR count). The Bertz CT molecular complexity index is 1160. The van der Waals surface area contributed by atoms with Crippen molar-refractivity contribution in [1.82, 2.24) is 19.5 Å². The summed E-state index contributed by atoms with van der Waals surface area (Å²) >= 11 is 1.36. The van der Waals surface area contributed by atoms with E-state index in [0.717, 1.165) is 23.4 Å². The van der Waals surface area contributed by atoms with Crippen molar-refractivity contribution >= 4 is 33.4 Å². The molecule has 2 N–H and O–H groups in total. The lowest BCUT2D eigenvalue weighted by atomic mass is 10.1. The molecule has 0 bridgehead atoms. The second-order valence-corrected chi connectivity index (χ2v) is 7.94. The Balaban J connectivity index is 1.92. The Morgan fingerprint density at radius 1 is 1.41 bits per heavy atom. The molecular weight excluding hydrogens is 366 g/mol. The fourth-order valence-corrected chi connectivity index (χ4v) is 3.73. The molecule has 9 heteroatoms. The molecule has 0 atom stereocenters. The van der Waals surface area contributed by atoms with Gasteiger partial charge < -0.3 is 0 Å². The zero-order chi connectivity index (χ0) is 19.1. The second kappa shape index (κ2) is 6.73. The van der Waals surface area contributed by atoms with E-state index in [2.05, 4.69) is 20.3 Å². The Morgan fingerprint density at radius 3 is 2.81 bits per heavy atom. The number of anilines is 1. The third-order valence-corrected chi connectivity index (χ3v) is 5.33. The van der Waals surface area contributed by atoms with E-state index in [-0.39, 0.29) is 22.5 Å². The third-order valence-electron chi connectivity index (χ3n) is 4.50. The molecule has 140 valence electrons. The first kappa shape index (κ1) is 17.6. The van der Waals surface area contributed by atoms with Crippen molar-refractivity contribution in [3.05, 3.63) is 49.2 Å². The van der Waals surface area contributed by atoms with Gasteiger partial charge in [0.25, 0.3) is 11.5 Å². The Kier molecular flexibility index (Phi) is 4.39. The van der Waals surface area contributed by atoms with Crippen LogP contribution >= 0.6 is 11.3 Å². The molecule has 3 heterocycles. The maximum absolute atomic E-state index is 12.9. The molecule has 0 saturated heterocycles. The summed E-state index contributed by atoms with van der Waals surface area (Å²) in [6.07, 6.45) is 4.36. The normalized spacial score (nSPS) is 13.9. The van der Waals surface area contributed by atoms with Crippen LogP contribution in [0, 0.1) is 6.92 Å². The van der Waals surface area contributed by atoms with Crippen LogP contribution in [0.5, 0.6) is 0 Å². The van der Waals surface area contributed by atoms with Crippen LogP contribution < -0.4 is 16.6 Å². The van der Waals surface area contributed by atoms with Crippen LogP contribution in [-0.2, 0) is 6.54 Å². The minimum atomic E-state index is -0.599. The third kappa shape index (κ3) is 3.30. The quantitative estimate of drug-likeness (QED) is 0.701. The van der Waals surface area contributed by atoms with Crippen LogP contribution in [-0.4, -0.2) is 25.4 Å². The number of aryl methyl sites for hydroxylation is 2. The molecule has 1 fully saturated rings. The van der Waals surface area contributed by atoms with Gasteiger partial charge in [-0.2, -0.15) is 0 Å². The van der Waals surface area contributed by atoms with Crippen molar-refractivity contribution in [3.8, 4) is 0 Å². The van der Waals surface area contributed by atoms with Crippen LogP contribution in [0.4, 0.5) is 5.13 Å². The maximum Gasteiger partial charge on any atom is 0.329 e. The number of pyridine rings is 1. The Hall–Kier alpha value is -2.81. The molecule has 1 amide bonds. The highest BCUT2D eigenvalue weighted by atomic mass is 32.1. The van der Waals surface area contributed by atoms with E-state index in [0.29, 0.717) is 18.1 Å². The van der Waals surface area contributed by atoms with Gasteiger partial charge >= 0.3 is 5.69 Å². The zero-order valence-electron chi connectivity index (χ0n) is 15.0. The summed E-state index contributed by atoms with van der Waals surface area (Å²) in [5.41, 5.74) is 0.142. The molecule has 8 nitrogen and oxygen atoms in total. The van der Waals surface area contributed by atoms with Crippen molar-refractivity contribution in [2.24, 2.45) is 0 Å². The van der Waals surface area contributed by atoms with E-state index in [1.807, 2.05) is 13.8 Å². The molecule has 27 heavy (non-hydrogen) atoms. The predicted octanol–water partition coefficient (Wildman–Crippen LogP) is 2.39. The first-order valence-electron chi connectivity index (χ1n) is 8.89. The van der Waals surface area contributed by atoms with Crippen molar-refractivity contribution in [1.29, 1.82) is 0 Å². The number of rotatable bonds is 5. The topological polar surface area (TPSA) is 110 Å². The van der Waals surface area contributed by atoms with Crippen LogP contribution in [0.25, 0.3) is 11.0 Å². The molecule has 0 radical (unpaired) electrons. The van der Waals surface area contributed by atoms with Gasteiger partial charge in [0.05, 0.1) is 10.9 Å². The highest BCUT2D eigenvalue weighted by molar-refractivity contribution is 7.15. The number of nitrogens with zero attached hydrogens (tertiary/aromatic N) is 3. The number of nitrogens with one attached hydrogen (secondary N) is 2. The SMILES string of the molecule is CCCn1c(=O)[nH]c(=O)c2c(C(=O)Nc3ncc(C)s3)cc(C3CC3)nc21. The van der Waals surface area contributed by atoms with Crippen molar-refractivity contribution in [2.75, 3.05) is 5.32 Å². The van der Waals surface area contributed by atoms with Gasteiger partial charge in [-0.15, -0.1) is 11.3 Å². The molecule has 1 aliphatic rings. The molecule has 1 aliphatic carbocycles. The van der Waals surface area contributed by atoms with Crippen molar-refractivity contribution in [3.63, 3.8) is 0 Å². The highest BCUT2D eigenvalue weighted by Gasteiger charge is 2.28. The van der Waals surface area contributed by atoms with Crippen LogP contribution in [0.15, 0.2) is 21.9 Å². The smallest absolute Gasteiger partial charge is 0.298 e. The molecular formula is C18H19N5O3S. The summed E-state index contributed by atoms with van der Waals surface area (Å²) in [5, 5.41) is 3.36. The van der Waals surface area contributed by atoms with Gasteiger partial charge in [-0.1, -0.05) is 6.92 Å². The van der Waals surface area contributed by atoms with E-state index in [1.165, 1.54) is 15.9 Å². The van der Waals surface area contributed by atoms with Gasteiger partial charge in [0.2, 0.25) is 0 Å². The van der Waals surface area contributed by atoms with Crippen molar-refractivity contribution in [2.45, 2.75) is 45.6 Å². The average Bonchev–Trinajstić information content (AvgIpc) is 3.40. The van der Waals surface area contributed by atoms with Crippen LogP contribution in [0.2, 0.25) is 0 Å². The number of carbonyl (C=O) groups excluding carboxylic acids is 1. The average molecular weight is 385 g/mol. The fraction of sp³-hybridized carbons (Fsp3) is 0.389. The summed E-state index contributed by atoms with van der Waals surface area (Å²) in [5.74, 6) is -0.154. The number of thiazole rings is 1. The molecule has 3 aromatic heterocycles. The maximum atomic E-state index is 12.9. The molecule has 3 aromatic rings. The van der Waals surface area contributed by atoms with E-state index >= 15 is 0 Å². The summed E-state index contributed by atoms with van der Waals surface area (Å²) in [6.45, 7) is 4.25. The van der Waals surface area contributed by atoms with Crippen LogP contribution in [0.3, 0.4) is 0 Å². The molecule has 0 aromatic carbocycles. The van der Waals surface area contributed by atoms with Gasteiger partial charge in [0, 0.05) is 29.2 Å². The van der Waals surface area contributed by atoms with E-state index in [1.54, 1.807) is 12.3 Å². The zero-order valence-corrected chi connectivity index (χ0v) is 15.9. The summed E-state index contributed by atoms with van der Waals surface area (Å²) < 4.78 is 1.44. The van der Waals surface area contributed by atoms with Gasteiger partial charge in [0.15, 0.2) is 10.8 Å². The number of H-pyrrole nitrogens is 1. The summed E-state index contributed by atoms with van der Waals surface area (Å²) in [7, 11) is 0. The number of carbonyl (C=O) groups is 1. The number of amides is 1. The first-order chi connectivity index (χ1) is 13.0. The first-order valence-corrected chi connectivity index (χ1v) is 9.71. The standard InChI is InChI=1S/C18H19N5O3S/c1-3-6-23-14-13(16(25)22-18(23)26)11(7-12(20-14)10-4-5-10)15(24)21-17-19-8-9(2)27-17/h7-8,10H,3-6H2,1-2H3,(H,19,21,24)(H,22,25,26). The number of aromatic nitrogens is 4. The Morgan fingerprint density at radius 2 is 2.19 bits per heavy atom. The minimum Gasteiger partial charge on any atom is -0.298 e. The largest absolute Gasteiger partial charge is 0.329 e. The predicted molar refractivity (Wildman–Crippen MR) is 104 cm³/mol. The minimum absolute atomic E-state index is 0.137. The van der Waals surface area contributed by atoms with E-state index < -0.39 is 17.2 Å². The monoisotopic (exact) mass is 385 g/mol. The molecule has 1 saturated carbocycles. The second-order valence-electron chi connectivity index (χ2n) is 6.71.